The molecule has 0 amide bonds. The van der Waals surface area contributed by atoms with Crippen molar-refractivity contribution in [2.75, 3.05) is 0 Å². The zero-order valence-electron chi connectivity index (χ0n) is 7.95. The molecule has 0 bridgehead atoms. The molecule has 0 aromatic carbocycles. The molecule has 1 fully saturated rings. The molecule has 0 atom stereocenters. The zero-order valence-corrected chi connectivity index (χ0v) is 7.95. The lowest BCUT2D eigenvalue weighted by atomic mass is 9.85. The van der Waals surface area contributed by atoms with Crippen LogP contribution in [0.1, 0.15) is 37.7 Å². The number of aromatic nitrogens is 2. The minimum Gasteiger partial charge on any atom is -0.245 e. The third-order valence-electron chi connectivity index (χ3n) is 2.86. The minimum absolute atomic E-state index is 0.889. The molecule has 0 spiro atoms. The van der Waals surface area contributed by atoms with Gasteiger partial charge in [0.2, 0.25) is 0 Å². The van der Waals surface area contributed by atoms with Crippen LogP contribution in [0.2, 0.25) is 0 Å². The molecule has 1 aliphatic rings. The van der Waals surface area contributed by atoms with Gasteiger partial charge in [0.15, 0.2) is 0 Å². The van der Waals surface area contributed by atoms with E-state index < -0.39 is 0 Å². The van der Waals surface area contributed by atoms with Crippen LogP contribution in [-0.4, -0.2) is 9.97 Å². The van der Waals surface area contributed by atoms with E-state index in [4.69, 9.17) is 0 Å². The number of rotatable bonds is 2. The van der Waals surface area contributed by atoms with Gasteiger partial charge in [0.25, 0.3) is 0 Å². The van der Waals surface area contributed by atoms with Gasteiger partial charge < -0.3 is 0 Å². The Bertz CT molecular complexity index is 240. The van der Waals surface area contributed by atoms with Crippen molar-refractivity contribution in [2.24, 2.45) is 5.92 Å². The maximum absolute atomic E-state index is 4.04. The van der Waals surface area contributed by atoms with E-state index >= 15 is 0 Å². The molecular formula is C11H16N2. The van der Waals surface area contributed by atoms with Crippen LogP contribution in [0, 0.1) is 5.92 Å². The van der Waals surface area contributed by atoms with Crippen molar-refractivity contribution in [3.8, 4) is 0 Å². The van der Waals surface area contributed by atoms with E-state index in [-0.39, 0.29) is 0 Å². The molecule has 0 radical (unpaired) electrons. The van der Waals surface area contributed by atoms with Gasteiger partial charge in [-0.15, -0.1) is 0 Å². The molecule has 0 saturated heterocycles. The first-order valence-electron chi connectivity index (χ1n) is 5.19. The van der Waals surface area contributed by atoms with Crippen LogP contribution in [0.25, 0.3) is 0 Å². The van der Waals surface area contributed by atoms with Gasteiger partial charge in [-0.05, 0) is 17.9 Å². The summed E-state index contributed by atoms with van der Waals surface area (Å²) in [6, 6.07) is 0. The Labute approximate surface area is 79.4 Å². The van der Waals surface area contributed by atoms with Crippen molar-refractivity contribution in [2.45, 2.75) is 38.5 Å². The van der Waals surface area contributed by atoms with Crippen molar-refractivity contribution >= 4 is 0 Å². The molecule has 0 N–H and O–H groups in total. The summed E-state index contributed by atoms with van der Waals surface area (Å²) in [6.07, 6.45) is 13.7. The summed E-state index contributed by atoms with van der Waals surface area (Å²) >= 11 is 0. The molecular weight excluding hydrogens is 160 g/mol. The Balaban J connectivity index is 1.90. The summed E-state index contributed by atoms with van der Waals surface area (Å²) in [5, 5.41) is 0. The fourth-order valence-corrected chi connectivity index (χ4v) is 2.16. The van der Waals surface area contributed by atoms with E-state index in [0.717, 1.165) is 5.92 Å². The van der Waals surface area contributed by atoms with E-state index in [2.05, 4.69) is 9.97 Å². The molecule has 2 heteroatoms. The highest BCUT2D eigenvalue weighted by Crippen LogP contribution is 2.26. The van der Waals surface area contributed by atoms with E-state index in [1.165, 1.54) is 44.1 Å². The molecule has 2 nitrogen and oxygen atoms in total. The van der Waals surface area contributed by atoms with E-state index in [1.807, 2.05) is 12.4 Å². The van der Waals surface area contributed by atoms with Gasteiger partial charge in [0, 0.05) is 12.4 Å². The zero-order chi connectivity index (χ0) is 8.93. The van der Waals surface area contributed by atoms with Crippen molar-refractivity contribution in [3.05, 3.63) is 24.3 Å². The molecule has 1 aromatic heterocycles. The predicted molar refractivity (Wildman–Crippen MR) is 52.3 cm³/mol. The normalized spacial score (nSPS) is 18.8. The standard InChI is InChI=1S/C11H16N2/c1-2-4-10(5-3-1)6-11-7-12-9-13-8-11/h7-10H,1-6H2. The minimum atomic E-state index is 0.889. The van der Waals surface area contributed by atoms with Gasteiger partial charge >= 0.3 is 0 Å². The molecule has 2 rings (SSSR count). The van der Waals surface area contributed by atoms with Crippen molar-refractivity contribution in [1.82, 2.24) is 9.97 Å². The van der Waals surface area contributed by atoms with Gasteiger partial charge in [0.05, 0.1) is 0 Å². The fourth-order valence-electron chi connectivity index (χ4n) is 2.16. The molecule has 13 heavy (non-hydrogen) atoms. The summed E-state index contributed by atoms with van der Waals surface area (Å²) < 4.78 is 0. The van der Waals surface area contributed by atoms with Gasteiger partial charge in [-0.25, -0.2) is 9.97 Å². The summed E-state index contributed by atoms with van der Waals surface area (Å²) in [5.41, 5.74) is 1.30. The predicted octanol–water partition coefficient (Wildman–Crippen LogP) is 2.60. The van der Waals surface area contributed by atoms with Gasteiger partial charge in [-0.3, -0.25) is 0 Å². The average Bonchev–Trinajstić information content (AvgIpc) is 2.21. The fraction of sp³-hybridized carbons (Fsp3) is 0.636. The van der Waals surface area contributed by atoms with Gasteiger partial charge in [-0.2, -0.15) is 0 Å². The third-order valence-corrected chi connectivity index (χ3v) is 2.86. The summed E-state index contributed by atoms with van der Waals surface area (Å²) in [6.45, 7) is 0. The second-order valence-electron chi connectivity index (χ2n) is 3.95. The second-order valence-corrected chi connectivity index (χ2v) is 3.95. The van der Waals surface area contributed by atoms with E-state index in [1.54, 1.807) is 6.33 Å². The average molecular weight is 176 g/mol. The van der Waals surface area contributed by atoms with Crippen LogP contribution in [0.5, 0.6) is 0 Å². The summed E-state index contributed by atoms with van der Waals surface area (Å²) in [5.74, 6) is 0.889. The van der Waals surface area contributed by atoms with Gasteiger partial charge in [-0.1, -0.05) is 32.1 Å². The molecule has 1 saturated carbocycles. The number of hydrogen-bond acceptors (Lipinski definition) is 2. The summed E-state index contributed by atoms with van der Waals surface area (Å²) in [7, 11) is 0. The first-order valence-corrected chi connectivity index (χ1v) is 5.19. The Kier molecular flexibility index (Phi) is 2.90. The topological polar surface area (TPSA) is 25.8 Å². The highest BCUT2D eigenvalue weighted by Gasteiger charge is 2.13. The van der Waals surface area contributed by atoms with Crippen molar-refractivity contribution in [3.63, 3.8) is 0 Å². The summed E-state index contributed by atoms with van der Waals surface area (Å²) in [4.78, 5) is 8.08. The Morgan fingerprint density at radius 3 is 2.46 bits per heavy atom. The largest absolute Gasteiger partial charge is 0.245 e. The van der Waals surface area contributed by atoms with Crippen LogP contribution in [0.15, 0.2) is 18.7 Å². The highest BCUT2D eigenvalue weighted by atomic mass is 14.8. The van der Waals surface area contributed by atoms with Crippen molar-refractivity contribution < 1.29 is 0 Å². The lowest BCUT2D eigenvalue weighted by Gasteiger charge is -2.20. The van der Waals surface area contributed by atoms with Crippen LogP contribution >= 0.6 is 0 Å². The maximum atomic E-state index is 4.04. The lowest BCUT2D eigenvalue weighted by Crippen LogP contribution is -2.09. The second kappa shape index (κ2) is 4.35. The SMILES string of the molecule is c1ncc(CC2CCCCC2)cn1. The molecule has 1 aliphatic carbocycles. The van der Waals surface area contributed by atoms with Crippen molar-refractivity contribution in [1.29, 1.82) is 0 Å². The van der Waals surface area contributed by atoms with Crippen LogP contribution in [0.3, 0.4) is 0 Å². The van der Waals surface area contributed by atoms with Crippen LogP contribution in [-0.2, 0) is 6.42 Å². The molecule has 70 valence electrons. The van der Waals surface area contributed by atoms with Gasteiger partial charge in [0.1, 0.15) is 6.33 Å². The Morgan fingerprint density at radius 1 is 1.08 bits per heavy atom. The number of nitrogens with zero attached hydrogens (tertiary/aromatic N) is 2. The van der Waals surface area contributed by atoms with E-state index in [0.29, 0.717) is 0 Å². The third kappa shape index (κ3) is 2.51. The monoisotopic (exact) mass is 176 g/mol. The molecule has 1 heterocycles. The highest BCUT2D eigenvalue weighted by molar-refractivity contribution is 5.03. The Hall–Kier alpha value is -0.920. The van der Waals surface area contributed by atoms with E-state index in [9.17, 15) is 0 Å². The maximum Gasteiger partial charge on any atom is 0.115 e. The van der Waals surface area contributed by atoms with Crippen LogP contribution < -0.4 is 0 Å². The first kappa shape index (κ1) is 8.67. The quantitative estimate of drug-likeness (QED) is 0.692. The first-order chi connectivity index (χ1) is 6.45. The van der Waals surface area contributed by atoms with Crippen LogP contribution in [0.4, 0.5) is 0 Å². The Morgan fingerprint density at radius 2 is 1.77 bits per heavy atom. The molecule has 0 unspecified atom stereocenters. The molecule has 1 aromatic rings. The molecule has 0 aliphatic heterocycles. The smallest absolute Gasteiger partial charge is 0.115 e. The number of hydrogen-bond donors (Lipinski definition) is 0. The lowest BCUT2D eigenvalue weighted by molar-refractivity contribution is 0.356.